The molecule has 0 aliphatic heterocycles. The van der Waals surface area contributed by atoms with E-state index < -0.39 is 0 Å². The highest BCUT2D eigenvalue weighted by Gasteiger charge is 2.05. The quantitative estimate of drug-likeness (QED) is 0.905. The maximum Gasteiger partial charge on any atom is 0.134 e. The molecule has 1 aromatic heterocycles. The van der Waals surface area contributed by atoms with Crippen LogP contribution in [-0.2, 0) is 6.54 Å². The molecule has 0 saturated carbocycles. The third-order valence-electron chi connectivity index (χ3n) is 2.31. The summed E-state index contributed by atoms with van der Waals surface area (Å²) in [6.07, 6.45) is 3.28. The summed E-state index contributed by atoms with van der Waals surface area (Å²) in [5, 5.41) is 13.5. The highest BCUT2D eigenvalue weighted by Crippen LogP contribution is 2.28. The molecule has 3 nitrogen and oxygen atoms in total. The maximum atomic E-state index is 9.81. The van der Waals surface area contributed by atoms with Crippen molar-refractivity contribution in [2.24, 2.45) is 0 Å². The van der Waals surface area contributed by atoms with Gasteiger partial charge >= 0.3 is 0 Å². The van der Waals surface area contributed by atoms with Gasteiger partial charge in [0.05, 0.1) is 21.4 Å². The molecule has 0 radical (unpaired) electrons. The minimum Gasteiger partial charge on any atom is -0.506 e. The van der Waals surface area contributed by atoms with Crippen molar-refractivity contribution in [1.82, 2.24) is 4.98 Å². The molecule has 0 saturated heterocycles. The summed E-state index contributed by atoms with van der Waals surface area (Å²) in [4.78, 5) is 3.98. The van der Waals surface area contributed by atoms with Crippen molar-refractivity contribution in [2.75, 3.05) is 5.32 Å². The second-order valence-electron chi connectivity index (χ2n) is 3.46. The van der Waals surface area contributed by atoms with E-state index in [0.29, 0.717) is 16.0 Å². The summed E-state index contributed by atoms with van der Waals surface area (Å²) >= 11 is 9.26. The van der Waals surface area contributed by atoms with Gasteiger partial charge in [-0.15, -0.1) is 0 Å². The Morgan fingerprint density at radius 3 is 2.94 bits per heavy atom. The van der Waals surface area contributed by atoms with Crippen LogP contribution in [0, 0.1) is 0 Å². The van der Waals surface area contributed by atoms with E-state index >= 15 is 0 Å². The highest BCUT2D eigenvalue weighted by molar-refractivity contribution is 9.10. The van der Waals surface area contributed by atoms with Crippen molar-refractivity contribution in [1.29, 1.82) is 0 Å². The highest BCUT2D eigenvalue weighted by atomic mass is 79.9. The normalized spacial score (nSPS) is 10.2. The molecule has 0 unspecified atom stereocenters. The molecular weight excluding hydrogens is 304 g/mol. The number of hydrogen-bond acceptors (Lipinski definition) is 3. The van der Waals surface area contributed by atoms with Gasteiger partial charge in [0.25, 0.3) is 0 Å². The van der Waals surface area contributed by atoms with E-state index in [1.807, 2.05) is 12.1 Å². The smallest absolute Gasteiger partial charge is 0.134 e. The number of aromatic hydroxyl groups is 1. The molecule has 0 atom stereocenters. The lowest BCUT2D eigenvalue weighted by Gasteiger charge is -2.09. The van der Waals surface area contributed by atoms with E-state index in [1.54, 1.807) is 24.5 Å². The van der Waals surface area contributed by atoms with Gasteiger partial charge in [0.2, 0.25) is 0 Å². The molecule has 1 aromatic carbocycles. The van der Waals surface area contributed by atoms with E-state index in [9.17, 15) is 5.11 Å². The Labute approximate surface area is 113 Å². The molecule has 1 heterocycles. The summed E-state index contributed by atoms with van der Waals surface area (Å²) in [5.74, 6) is 0.236. The average Bonchev–Trinajstić information content (AvgIpc) is 2.33. The lowest BCUT2D eigenvalue weighted by Crippen LogP contribution is -2.00. The number of benzene rings is 1. The van der Waals surface area contributed by atoms with Gasteiger partial charge in [0, 0.05) is 18.3 Å². The Kier molecular flexibility index (Phi) is 3.86. The Balaban J connectivity index is 2.13. The van der Waals surface area contributed by atoms with E-state index in [1.165, 1.54) is 0 Å². The summed E-state index contributed by atoms with van der Waals surface area (Å²) in [6.45, 7) is 0.483. The topological polar surface area (TPSA) is 45.1 Å². The largest absolute Gasteiger partial charge is 0.506 e. The number of aromatic nitrogens is 1. The van der Waals surface area contributed by atoms with Crippen LogP contribution in [-0.4, -0.2) is 10.1 Å². The third-order valence-corrected chi connectivity index (χ3v) is 3.28. The van der Waals surface area contributed by atoms with Crippen molar-refractivity contribution in [3.05, 3.63) is 51.7 Å². The minimum atomic E-state index is 0.236. The number of pyridine rings is 1. The van der Waals surface area contributed by atoms with Crippen molar-refractivity contribution in [3.8, 4) is 5.75 Å². The first-order valence-corrected chi connectivity index (χ1v) is 6.15. The molecule has 0 bridgehead atoms. The van der Waals surface area contributed by atoms with E-state index in [2.05, 4.69) is 26.2 Å². The zero-order chi connectivity index (χ0) is 12.3. The van der Waals surface area contributed by atoms with E-state index in [0.717, 1.165) is 11.3 Å². The van der Waals surface area contributed by atoms with Gasteiger partial charge in [-0.3, -0.25) is 4.98 Å². The van der Waals surface area contributed by atoms with Crippen LogP contribution in [0.25, 0.3) is 0 Å². The van der Waals surface area contributed by atoms with Crippen LogP contribution in [0.3, 0.4) is 0 Å². The van der Waals surface area contributed by atoms with Crippen LogP contribution in [0.2, 0.25) is 5.02 Å². The lowest BCUT2D eigenvalue weighted by molar-refractivity contribution is 0.465. The lowest BCUT2D eigenvalue weighted by atomic mass is 10.2. The van der Waals surface area contributed by atoms with Gasteiger partial charge < -0.3 is 10.4 Å². The summed E-state index contributed by atoms with van der Waals surface area (Å²) in [6, 6.07) is 7.21. The Morgan fingerprint density at radius 2 is 2.18 bits per heavy atom. The number of nitrogens with one attached hydrogen (secondary N) is 1. The zero-order valence-electron chi connectivity index (χ0n) is 8.82. The number of hydrogen-bond donors (Lipinski definition) is 2. The number of phenols is 1. The molecule has 0 fully saturated rings. The predicted molar refractivity (Wildman–Crippen MR) is 72.4 cm³/mol. The Hall–Kier alpha value is -1.26. The SMILES string of the molecule is Oc1c(Br)cccc1CNc1cnccc1Cl. The van der Waals surface area contributed by atoms with Gasteiger partial charge in [0.1, 0.15) is 5.75 Å². The molecule has 0 aliphatic carbocycles. The standard InChI is InChI=1S/C12H10BrClN2O/c13-9-3-1-2-8(12(9)17)6-16-11-7-15-5-4-10(11)14/h1-5,7,16-17H,6H2. The predicted octanol–water partition coefficient (Wildman–Crippen LogP) is 3.82. The first kappa shape index (κ1) is 12.2. The second kappa shape index (κ2) is 5.38. The minimum absolute atomic E-state index is 0.236. The van der Waals surface area contributed by atoms with E-state index in [4.69, 9.17) is 11.6 Å². The monoisotopic (exact) mass is 312 g/mol. The zero-order valence-corrected chi connectivity index (χ0v) is 11.2. The molecule has 2 N–H and O–H groups in total. The molecule has 88 valence electrons. The number of rotatable bonds is 3. The fraction of sp³-hybridized carbons (Fsp3) is 0.0833. The van der Waals surface area contributed by atoms with Gasteiger partial charge in [-0.25, -0.2) is 0 Å². The number of halogens is 2. The summed E-state index contributed by atoms with van der Waals surface area (Å²) in [5.41, 5.74) is 1.54. The molecule has 2 rings (SSSR count). The second-order valence-corrected chi connectivity index (χ2v) is 4.72. The summed E-state index contributed by atoms with van der Waals surface area (Å²) < 4.78 is 0.675. The van der Waals surface area contributed by atoms with Crippen LogP contribution in [0.5, 0.6) is 5.75 Å². The van der Waals surface area contributed by atoms with Gasteiger partial charge in [0.15, 0.2) is 0 Å². The molecule has 0 aliphatic rings. The molecule has 0 amide bonds. The number of para-hydroxylation sites is 1. The van der Waals surface area contributed by atoms with Crippen molar-refractivity contribution >= 4 is 33.2 Å². The van der Waals surface area contributed by atoms with Crippen molar-refractivity contribution < 1.29 is 5.11 Å². The molecular formula is C12H10BrClN2O. The fourth-order valence-electron chi connectivity index (χ4n) is 1.40. The van der Waals surface area contributed by atoms with E-state index in [-0.39, 0.29) is 5.75 Å². The molecule has 17 heavy (non-hydrogen) atoms. The third kappa shape index (κ3) is 2.90. The van der Waals surface area contributed by atoms with Crippen LogP contribution in [0.1, 0.15) is 5.56 Å². The van der Waals surface area contributed by atoms with Crippen molar-refractivity contribution in [2.45, 2.75) is 6.54 Å². The van der Waals surface area contributed by atoms with Gasteiger partial charge in [-0.1, -0.05) is 23.7 Å². The number of nitrogens with zero attached hydrogens (tertiary/aromatic N) is 1. The Morgan fingerprint density at radius 1 is 1.35 bits per heavy atom. The molecule has 5 heteroatoms. The maximum absolute atomic E-state index is 9.81. The average molecular weight is 314 g/mol. The molecule has 2 aromatic rings. The van der Waals surface area contributed by atoms with Gasteiger partial charge in [-0.05, 0) is 28.1 Å². The van der Waals surface area contributed by atoms with Crippen LogP contribution in [0.15, 0.2) is 41.1 Å². The fourth-order valence-corrected chi connectivity index (χ4v) is 1.98. The number of phenolic OH excluding ortho intramolecular Hbond substituents is 1. The molecule has 0 spiro atoms. The van der Waals surface area contributed by atoms with Crippen LogP contribution in [0.4, 0.5) is 5.69 Å². The summed E-state index contributed by atoms with van der Waals surface area (Å²) in [7, 11) is 0. The first-order chi connectivity index (χ1) is 8.18. The first-order valence-electron chi connectivity index (χ1n) is 4.98. The van der Waals surface area contributed by atoms with Crippen LogP contribution < -0.4 is 5.32 Å². The van der Waals surface area contributed by atoms with Crippen molar-refractivity contribution in [3.63, 3.8) is 0 Å². The number of anilines is 1. The Bertz CT molecular complexity index is 534. The van der Waals surface area contributed by atoms with Crippen LogP contribution >= 0.6 is 27.5 Å². The van der Waals surface area contributed by atoms with Gasteiger partial charge in [-0.2, -0.15) is 0 Å².